The van der Waals surface area contributed by atoms with Crippen LogP contribution in [-0.4, -0.2) is 52.5 Å². The van der Waals surface area contributed by atoms with Gasteiger partial charge in [-0.05, 0) is 0 Å². The molecule has 0 fully saturated rings. The predicted molar refractivity (Wildman–Crippen MR) is 84.4 cm³/mol. The van der Waals surface area contributed by atoms with Crippen molar-refractivity contribution >= 4 is 17.4 Å². The Morgan fingerprint density at radius 2 is 2.27 bits per heavy atom. The third-order valence-corrected chi connectivity index (χ3v) is 3.94. The lowest BCUT2D eigenvalue weighted by Gasteiger charge is -2.22. The van der Waals surface area contributed by atoms with E-state index in [1.54, 1.807) is 6.08 Å². The van der Waals surface area contributed by atoms with E-state index in [1.807, 2.05) is 0 Å². The number of nitrogens with zero attached hydrogens (tertiary/aromatic N) is 2. The zero-order valence-corrected chi connectivity index (χ0v) is 13.0. The fraction of sp³-hybridized carbons (Fsp3) is 0.429. The SMILES string of the molecule is C=CCOC(=O)N(CC=C)CC(N)c1ncc(C(O)CO)s1. The zero-order chi connectivity index (χ0) is 16.5. The number of aliphatic hydroxyl groups is 2. The van der Waals surface area contributed by atoms with Crippen molar-refractivity contribution in [2.45, 2.75) is 12.1 Å². The van der Waals surface area contributed by atoms with E-state index >= 15 is 0 Å². The Labute approximate surface area is 133 Å². The molecule has 4 N–H and O–H groups in total. The van der Waals surface area contributed by atoms with Crippen LogP contribution < -0.4 is 5.73 Å². The van der Waals surface area contributed by atoms with Crippen molar-refractivity contribution in [2.75, 3.05) is 26.3 Å². The first-order valence-corrected chi connectivity index (χ1v) is 7.48. The number of ether oxygens (including phenoxy) is 1. The number of amides is 1. The second-order valence-corrected chi connectivity index (χ2v) is 5.56. The van der Waals surface area contributed by atoms with Crippen LogP contribution in [-0.2, 0) is 4.74 Å². The van der Waals surface area contributed by atoms with E-state index in [0.717, 1.165) is 0 Å². The normalized spacial score (nSPS) is 13.2. The first-order valence-electron chi connectivity index (χ1n) is 6.67. The molecule has 22 heavy (non-hydrogen) atoms. The lowest BCUT2D eigenvalue weighted by molar-refractivity contribution is 0.0982. The Morgan fingerprint density at radius 3 is 2.86 bits per heavy atom. The monoisotopic (exact) mass is 327 g/mol. The first-order chi connectivity index (χ1) is 10.5. The van der Waals surface area contributed by atoms with E-state index in [2.05, 4.69) is 18.1 Å². The molecule has 0 bridgehead atoms. The number of thiazole rings is 1. The van der Waals surface area contributed by atoms with Crippen molar-refractivity contribution in [3.05, 3.63) is 41.4 Å². The minimum atomic E-state index is -0.972. The molecule has 0 aromatic carbocycles. The number of aliphatic hydroxyl groups excluding tert-OH is 2. The van der Waals surface area contributed by atoms with Crippen LogP contribution in [0.15, 0.2) is 31.5 Å². The highest BCUT2D eigenvalue weighted by Crippen LogP contribution is 2.24. The summed E-state index contributed by atoms with van der Waals surface area (Å²) in [4.78, 5) is 17.9. The first kappa shape index (κ1) is 18.3. The van der Waals surface area contributed by atoms with Gasteiger partial charge in [-0.25, -0.2) is 9.78 Å². The molecule has 122 valence electrons. The number of hydrogen-bond acceptors (Lipinski definition) is 7. The Morgan fingerprint density at radius 1 is 1.55 bits per heavy atom. The molecular formula is C14H21N3O4S. The highest BCUT2D eigenvalue weighted by atomic mass is 32.1. The average molecular weight is 327 g/mol. The minimum Gasteiger partial charge on any atom is -0.445 e. The van der Waals surface area contributed by atoms with Gasteiger partial charge in [0.2, 0.25) is 0 Å². The van der Waals surface area contributed by atoms with Gasteiger partial charge in [-0.15, -0.1) is 17.9 Å². The molecule has 1 rings (SSSR count). The van der Waals surface area contributed by atoms with Crippen LogP contribution in [0.25, 0.3) is 0 Å². The molecule has 2 unspecified atom stereocenters. The van der Waals surface area contributed by atoms with Crippen LogP contribution in [0, 0.1) is 0 Å². The maximum absolute atomic E-state index is 11.9. The van der Waals surface area contributed by atoms with Crippen LogP contribution in [0.5, 0.6) is 0 Å². The number of aromatic nitrogens is 1. The van der Waals surface area contributed by atoms with Crippen LogP contribution in [0.1, 0.15) is 22.0 Å². The molecule has 0 saturated carbocycles. The van der Waals surface area contributed by atoms with Gasteiger partial charge < -0.3 is 25.6 Å². The van der Waals surface area contributed by atoms with Gasteiger partial charge in [-0.2, -0.15) is 0 Å². The molecule has 0 aliphatic rings. The lowest BCUT2D eigenvalue weighted by Crippen LogP contribution is -2.37. The minimum absolute atomic E-state index is 0.117. The second kappa shape index (κ2) is 9.31. The quantitative estimate of drug-likeness (QED) is 0.583. The second-order valence-electron chi connectivity index (χ2n) is 4.46. The summed E-state index contributed by atoms with van der Waals surface area (Å²) < 4.78 is 4.98. The van der Waals surface area contributed by atoms with Gasteiger partial charge in [-0.3, -0.25) is 0 Å². The molecule has 7 nitrogen and oxygen atoms in total. The van der Waals surface area contributed by atoms with Gasteiger partial charge in [0.05, 0.1) is 17.5 Å². The summed E-state index contributed by atoms with van der Waals surface area (Å²) in [5.74, 6) is 0. The van der Waals surface area contributed by atoms with Crippen LogP contribution in [0.2, 0.25) is 0 Å². The van der Waals surface area contributed by atoms with E-state index in [-0.39, 0.29) is 19.8 Å². The fourth-order valence-corrected chi connectivity index (χ4v) is 2.52. The van der Waals surface area contributed by atoms with E-state index in [1.165, 1.54) is 28.5 Å². The standard InChI is InChI=1S/C14H21N3O4S/c1-3-5-17(14(20)21-6-4-2)8-10(15)13-16-7-12(22-13)11(19)9-18/h3-4,7,10-11,18-19H,1-2,5-6,8-9,15H2. The van der Waals surface area contributed by atoms with Gasteiger partial charge in [0.25, 0.3) is 0 Å². The molecule has 1 heterocycles. The maximum atomic E-state index is 11.9. The van der Waals surface area contributed by atoms with Gasteiger partial charge in [0.1, 0.15) is 17.7 Å². The Balaban J connectivity index is 2.71. The summed E-state index contributed by atoms with van der Waals surface area (Å²) in [5.41, 5.74) is 6.05. The molecule has 8 heteroatoms. The summed E-state index contributed by atoms with van der Waals surface area (Å²) in [5, 5.41) is 19.0. The van der Waals surface area contributed by atoms with Crippen molar-refractivity contribution in [3.8, 4) is 0 Å². The number of carbonyl (C=O) groups excluding carboxylic acids is 1. The molecule has 2 atom stereocenters. The Kier molecular flexibility index (Phi) is 7.75. The fourth-order valence-electron chi connectivity index (χ4n) is 1.63. The smallest absolute Gasteiger partial charge is 0.410 e. The number of carbonyl (C=O) groups is 1. The van der Waals surface area contributed by atoms with E-state index < -0.39 is 18.2 Å². The van der Waals surface area contributed by atoms with Gasteiger partial charge >= 0.3 is 6.09 Å². The molecular weight excluding hydrogens is 306 g/mol. The van der Waals surface area contributed by atoms with Crippen molar-refractivity contribution in [2.24, 2.45) is 5.73 Å². The van der Waals surface area contributed by atoms with Crippen LogP contribution in [0.4, 0.5) is 4.79 Å². The summed E-state index contributed by atoms with van der Waals surface area (Å²) >= 11 is 1.20. The van der Waals surface area contributed by atoms with Crippen molar-refractivity contribution in [1.82, 2.24) is 9.88 Å². The summed E-state index contributed by atoms with van der Waals surface area (Å²) in [7, 11) is 0. The maximum Gasteiger partial charge on any atom is 0.410 e. The topological polar surface area (TPSA) is 109 Å². The number of nitrogens with two attached hydrogens (primary N) is 1. The molecule has 0 saturated heterocycles. The van der Waals surface area contributed by atoms with Gasteiger partial charge in [-0.1, -0.05) is 18.7 Å². The van der Waals surface area contributed by atoms with Crippen molar-refractivity contribution in [1.29, 1.82) is 0 Å². The van der Waals surface area contributed by atoms with Crippen molar-refractivity contribution in [3.63, 3.8) is 0 Å². The summed E-state index contributed by atoms with van der Waals surface area (Å²) in [6.07, 6.45) is 3.04. The van der Waals surface area contributed by atoms with Gasteiger partial charge in [0.15, 0.2) is 0 Å². The van der Waals surface area contributed by atoms with E-state index in [0.29, 0.717) is 16.4 Å². The average Bonchev–Trinajstić information content (AvgIpc) is 3.01. The summed E-state index contributed by atoms with van der Waals surface area (Å²) in [6, 6.07) is -0.527. The highest BCUT2D eigenvalue weighted by molar-refractivity contribution is 7.11. The molecule has 0 radical (unpaired) electrons. The molecule has 0 aliphatic carbocycles. The molecule has 1 aromatic rings. The highest BCUT2D eigenvalue weighted by Gasteiger charge is 2.21. The molecule has 0 spiro atoms. The van der Waals surface area contributed by atoms with Crippen LogP contribution in [0.3, 0.4) is 0 Å². The zero-order valence-electron chi connectivity index (χ0n) is 12.2. The van der Waals surface area contributed by atoms with Crippen LogP contribution >= 0.6 is 11.3 Å². The largest absolute Gasteiger partial charge is 0.445 e. The third-order valence-electron chi connectivity index (χ3n) is 2.71. The van der Waals surface area contributed by atoms with E-state index in [9.17, 15) is 9.90 Å². The number of rotatable bonds is 9. The van der Waals surface area contributed by atoms with Crippen molar-refractivity contribution < 1.29 is 19.7 Å². The molecule has 0 aliphatic heterocycles. The van der Waals surface area contributed by atoms with Gasteiger partial charge in [0, 0.05) is 19.3 Å². The lowest BCUT2D eigenvalue weighted by atomic mass is 10.3. The Hall–Kier alpha value is -1.74. The molecule has 1 aromatic heterocycles. The summed E-state index contributed by atoms with van der Waals surface area (Å²) in [6.45, 7) is 7.30. The third kappa shape index (κ3) is 5.23. The predicted octanol–water partition coefficient (Wildman–Crippen LogP) is 0.979. The number of hydrogen-bond donors (Lipinski definition) is 3. The molecule has 1 amide bonds. The Bertz CT molecular complexity index is 506. The van der Waals surface area contributed by atoms with E-state index in [4.69, 9.17) is 15.6 Å².